The Labute approximate surface area is 154 Å². The summed E-state index contributed by atoms with van der Waals surface area (Å²) in [7, 11) is 1.63. The number of ether oxygens (including phenoxy) is 2. The van der Waals surface area contributed by atoms with E-state index in [4.69, 9.17) is 21.1 Å². The van der Waals surface area contributed by atoms with Crippen LogP contribution in [0.4, 0.5) is 0 Å². The molecule has 2 aromatic carbocycles. The first-order valence-electron chi connectivity index (χ1n) is 8.31. The van der Waals surface area contributed by atoms with Crippen molar-refractivity contribution in [3.63, 3.8) is 0 Å². The highest BCUT2D eigenvalue weighted by atomic mass is 35.5. The molecule has 0 spiro atoms. The molecule has 2 rings (SSSR count). The van der Waals surface area contributed by atoms with E-state index in [1.165, 1.54) is 0 Å². The van der Waals surface area contributed by atoms with Gasteiger partial charge in [0.15, 0.2) is 6.10 Å². The van der Waals surface area contributed by atoms with Gasteiger partial charge in [-0.3, -0.25) is 4.79 Å². The molecule has 0 radical (unpaired) electrons. The van der Waals surface area contributed by atoms with Crippen LogP contribution in [0.1, 0.15) is 37.4 Å². The molecule has 0 aliphatic rings. The van der Waals surface area contributed by atoms with Gasteiger partial charge in [0, 0.05) is 5.02 Å². The maximum absolute atomic E-state index is 12.6. The van der Waals surface area contributed by atoms with Crippen molar-refractivity contribution in [2.45, 2.75) is 39.3 Å². The molecule has 0 aromatic heterocycles. The predicted octanol–water partition coefficient (Wildman–Crippen LogP) is 4.69. The lowest BCUT2D eigenvalue weighted by molar-refractivity contribution is -0.128. The van der Waals surface area contributed by atoms with Gasteiger partial charge in [0.2, 0.25) is 0 Å². The summed E-state index contributed by atoms with van der Waals surface area (Å²) < 4.78 is 11.0. The van der Waals surface area contributed by atoms with Crippen LogP contribution in [0.3, 0.4) is 0 Å². The van der Waals surface area contributed by atoms with Crippen molar-refractivity contribution in [3.8, 4) is 11.5 Å². The summed E-state index contributed by atoms with van der Waals surface area (Å²) in [6.45, 7) is 5.77. The first-order chi connectivity index (χ1) is 11.9. The Bertz CT molecular complexity index is 715. The van der Waals surface area contributed by atoms with E-state index in [-0.39, 0.29) is 11.9 Å². The summed E-state index contributed by atoms with van der Waals surface area (Å²) in [4.78, 5) is 12.6. The number of carbonyl (C=O) groups excluding carboxylic acids is 1. The fourth-order valence-electron chi connectivity index (χ4n) is 2.46. The van der Waals surface area contributed by atoms with Gasteiger partial charge in [-0.2, -0.15) is 0 Å². The Morgan fingerprint density at radius 1 is 1.16 bits per heavy atom. The molecule has 2 aromatic rings. The number of nitrogens with one attached hydrogen (secondary N) is 1. The fourth-order valence-corrected chi connectivity index (χ4v) is 2.58. The third-order valence-electron chi connectivity index (χ3n) is 4.05. The van der Waals surface area contributed by atoms with Crippen LogP contribution in [0.25, 0.3) is 0 Å². The number of rotatable bonds is 7. The number of benzene rings is 2. The molecule has 134 valence electrons. The van der Waals surface area contributed by atoms with Gasteiger partial charge >= 0.3 is 0 Å². The first kappa shape index (κ1) is 19.1. The topological polar surface area (TPSA) is 47.6 Å². The Morgan fingerprint density at radius 2 is 1.80 bits per heavy atom. The maximum atomic E-state index is 12.6. The minimum Gasteiger partial charge on any atom is -0.497 e. The van der Waals surface area contributed by atoms with Crippen LogP contribution in [-0.4, -0.2) is 19.1 Å². The van der Waals surface area contributed by atoms with Crippen molar-refractivity contribution in [2.75, 3.05) is 7.11 Å². The first-order valence-corrected chi connectivity index (χ1v) is 8.69. The highest BCUT2D eigenvalue weighted by molar-refractivity contribution is 6.31. The van der Waals surface area contributed by atoms with Crippen LogP contribution in [0.15, 0.2) is 42.5 Å². The van der Waals surface area contributed by atoms with E-state index >= 15 is 0 Å². The summed E-state index contributed by atoms with van der Waals surface area (Å²) in [6, 6.07) is 12.9. The van der Waals surface area contributed by atoms with E-state index in [1.807, 2.05) is 51.1 Å². The molecule has 1 amide bonds. The van der Waals surface area contributed by atoms with Crippen molar-refractivity contribution in [2.24, 2.45) is 0 Å². The third-order valence-corrected chi connectivity index (χ3v) is 4.47. The molecule has 4 nitrogen and oxygen atoms in total. The van der Waals surface area contributed by atoms with Crippen molar-refractivity contribution >= 4 is 17.5 Å². The van der Waals surface area contributed by atoms with Crippen LogP contribution in [0.2, 0.25) is 5.02 Å². The number of amides is 1. The summed E-state index contributed by atoms with van der Waals surface area (Å²) in [5.74, 6) is 1.29. The maximum Gasteiger partial charge on any atom is 0.261 e. The highest BCUT2D eigenvalue weighted by Gasteiger charge is 2.21. The van der Waals surface area contributed by atoms with Crippen molar-refractivity contribution in [3.05, 3.63) is 58.6 Å². The molecular weight excluding hydrogens is 338 g/mol. The molecule has 0 aliphatic heterocycles. The van der Waals surface area contributed by atoms with Gasteiger partial charge < -0.3 is 14.8 Å². The highest BCUT2D eigenvalue weighted by Crippen LogP contribution is 2.23. The SMILES string of the molecule is CC[C@H](Oc1ccc(Cl)c(C)c1)C(=O)N[C@H](C)c1ccc(OC)cc1. The zero-order valence-electron chi connectivity index (χ0n) is 15.0. The molecule has 0 heterocycles. The van der Waals surface area contributed by atoms with Crippen molar-refractivity contribution in [1.82, 2.24) is 5.32 Å². The number of hydrogen-bond donors (Lipinski definition) is 1. The Hall–Kier alpha value is -2.20. The third kappa shape index (κ3) is 5.13. The summed E-state index contributed by atoms with van der Waals surface area (Å²) in [5.41, 5.74) is 1.92. The van der Waals surface area contributed by atoms with E-state index in [0.29, 0.717) is 17.2 Å². The number of methoxy groups -OCH3 is 1. The van der Waals surface area contributed by atoms with Crippen LogP contribution in [0, 0.1) is 6.92 Å². The molecule has 5 heteroatoms. The Balaban J connectivity index is 2.01. The van der Waals surface area contributed by atoms with E-state index in [9.17, 15) is 4.79 Å². The number of aryl methyl sites for hydroxylation is 1. The summed E-state index contributed by atoms with van der Waals surface area (Å²) in [6.07, 6.45) is 0.0179. The average molecular weight is 362 g/mol. The summed E-state index contributed by atoms with van der Waals surface area (Å²) >= 11 is 6.03. The van der Waals surface area contributed by atoms with Crippen molar-refractivity contribution < 1.29 is 14.3 Å². The zero-order valence-corrected chi connectivity index (χ0v) is 15.8. The quantitative estimate of drug-likeness (QED) is 0.778. The molecule has 0 fully saturated rings. The van der Waals surface area contributed by atoms with Crippen molar-refractivity contribution in [1.29, 1.82) is 0 Å². The molecule has 2 atom stereocenters. The Morgan fingerprint density at radius 3 is 2.36 bits per heavy atom. The lowest BCUT2D eigenvalue weighted by Gasteiger charge is -2.21. The fraction of sp³-hybridized carbons (Fsp3) is 0.350. The minimum absolute atomic E-state index is 0.122. The largest absolute Gasteiger partial charge is 0.497 e. The van der Waals surface area contributed by atoms with Crippen LogP contribution >= 0.6 is 11.6 Å². The van der Waals surface area contributed by atoms with Gasteiger partial charge in [-0.1, -0.05) is 30.7 Å². The van der Waals surface area contributed by atoms with Gasteiger partial charge in [0.1, 0.15) is 11.5 Å². The second-order valence-electron chi connectivity index (χ2n) is 5.93. The standard InChI is InChI=1S/C20H24ClNO3/c1-5-19(25-17-10-11-18(21)13(2)12-17)20(23)22-14(3)15-6-8-16(24-4)9-7-15/h6-12,14,19H,5H2,1-4H3,(H,22,23)/t14-,19+/m1/s1. The minimum atomic E-state index is -0.554. The lowest BCUT2D eigenvalue weighted by atomic mass is 10.1. The monoisotopic (exact) mass is 361 g/mol. The van der Waals surface area contributed by atoms with Gasteiger partial charge in [-0.05, 0) is 61.7 Å². The van der Waals surface area contributed by atoms with E-state index in [1.54, 1.807) is 19.2 Å². The lowest BCUT2D eigenvalue weighted by Crippen LogP contribution is -2.39. The van der Waals surface area contributed by atoms with Crippen LogP contribution in [0.5, 0.6) is 11.5 Å². The number of hydrogen-bond acceptors (Lipinski definition) is 3. The summed E-state index contributed by atoms with van der Waals surface area (Å²) in [5, 5.41) is 3.68. The molecule has 0 bridgehead atoms. The van der Waals surface area contributed by atoms with Crippen LogP contribution in [-0.2, 0) is 4.79 Å². The molecule has 0 aliphatic carbocycles. The zero-order chi connectivity index (χ0) is 18.4. The van der Waals surface area contributed by atoms with Crippen LogP contribution < -0.4 is 14.8 Å². The molecule has 0 saturated carbocycles. The van der Waals surface area contributed by atoms with E-state index in [0.717, 1.165) is 16.9 Å². The number of halogens is 1. The van der Waals surface area contributed by atoms with Gasteiger partial charge in [0.25, 0.3) is 5.91 Å². The second-order valence-corrected chi connectivity index (χ2v) is 6.34. The van der Waals surface area contributed by atoms with Gasteiger partial charge in [-0.25, -0.2) is 0 Å². The van der Waals surface area contributed by atoms with E-state index < -0.39 is 6.10 Å². The van der Waals surface area contributed by atoms with E-state index in [2.05, 4.69) is 5.32 Å². The second kappa shape index (κ2) is 8.77. The number of carbonyl (C=O) groups is 1. The van der Waals surface area contributed by atoms with Gasteiger partial charge in [0.05, 0.1) is 13.2 Å². The normalized spacial score (nSPS) is 13.0. The molecular formula is C20H24ClNO3. The molecule has 0 saturated heterocycles. The smallest absolute Gasteiger partial charge is 0.261 e. The molecule has 0 unspecified atom stereocenters. The molecule has 1 N–H and O–H groups in total. The predicted molar refractivity (Wildman–Crippen MR) is 100 cm³/mol. The molecule has 25 heavy (non-hydrogen) atoms. The average Bonchev–Trinajstić information content (AvgIpc) is 2.62. The van der Waals surface area contributed by atoms with Gasteiger partial charge in [-0.15, -0.1) is 0 Å². The Kier molecular flexibility index (Phi) is 6.71.